The Morgan fingerprint density at radius 1 is 1.25 bits per heavy atom. The lowest BCUT2D eigenvalue weighted by atomic mass is 10.1. The molecule has 28 heavy (non-hydrogen) atoms. The minimum atomic E-state index is -0.126. The summed E-state index contributed by atoms with van der Waals surface area (Å²) in [5.41, 5.74) is 15.2. The van der Waals surface area contributed by atoms with Gasteiger partial charge in [0.25, 0.3) is 0 Å². The zero-order chi connectivity index (χ0) is 19.7. The van der Waals surface area contributed by atoms with Crippen molar-refractivity contribution in [1.82, 2.24) is 15.5 Å². The molecular formula is C20H27N7O. The summed E-state index contributed by atoms with van der Waals surface area (Å²) in [5.74, 6) is 0.158. The van der Waals surface area contributed by atoms with Gasteiger partial charge in [0, 0.05) is 37.1 Å². The number of hydrogen-bond donors (Lipinski definition) is 4. The van der Waals surface area contributed by atoms with Crippen molar-refractivity contribution in [2.75, 3.05) is 18.0 Å². The van der Waals surface area contributed by atoms with Crippen LogP contribution in [0.15, 0.2) is 52.8 Å². The number of amides is 2. The van der Waals surface area contributed by atoms with Gasteiger partial charge in [-0.3, -0.25) is 9.80 Å². The molecule has 8 heteroatoms. The fraction of sp³-hybridized carbons (Fsp3) is 0.400. The molecule has 0 spiro atoms. The maximum atomic E-state index is 12.5. The standard InChI is InChI=1S/C20H27N7O/c1-2-15-9-14-11-27(20(28)25-18(14)23-15)17-5-3-13(4-6-17)10-26-8-7-16(12-26)24-19(21)22/h3-6,9,11,16,18,23H,2,7-8,10,12H2,1H3,(H,25,28)(H4,21,22,24). The van der Waals surface area contributed by atoms with Gasteiger partial charge in [0.1, 0.15) is 6.17 Å². The van der Waals surface area contributed by atoms with E-state index in [2.05, 4.69) is 45.7 Å². The molecule has 2 amide bonds. The molecule has 0 saturated carbocycles. The second-order valence-corrected chi connectivity index (χ2v) is 7.45. The van der Waals surface area contributed by atoms with Crippen LogP contribution in [0.1, 0.15) is 25.3 Å². The Kier molecular flexibility index (Phi) is 4.95. The van der Waals surface area contributed by atoms with Crippen LogP contribution < -0.4 is 27.0 Å². The summed E-state index contributed by atoms with van der Waals surface area (Å²) in [6, 6.07) is 8.18. The number of carbonyl (C=O) groups is 1. The summed E-state index contributed by atoms with van der Waals surface area (Å²) < 4.78 is 0. The highest BCUT2D eigenvalue weighted by Crippen LogP contribution is 2.26. The molecule has 148 valence electrons. The van der Waals surface area contributed by atoms with Crippen LogP contribution in [0.5, 0.6) is 0 Å². The molecule has 1 aromatic rings. The van der Waals surface area contributed by atoms with Crippen molar-refractivity contribution in [1.29, 1.82) is 0 Å². The van der Waals surface area contributed by atoms with Crippen LogP contribution in [0.3, 0.4) is 0 Å². The fourth-order valence-electron chi connectivity index (χ4n) is 3.91. The lowest BCUT2D eigenvalue weighted by Gasteiger charge is -2.29. The van der Waals surface area contributed by atoms with Crippen molar-refractivity contribution in [2.24, 2.45) is 16.5 Å². The molecule has 3 aliphatic heterocycles. The molecule has 6 N–H and O–H groups in total. The number of urea groups is 1. The van der Waals surface area contributed by atoms with Crippen LogP contribution in [-0.4, -0.2) is 42.2 Å². The summed E-state index contributed by atoms with van der Waals surface area (Å²) in [4.78, 5) is 20.7. The Balaban J connectivity index is 1.42. The van der Waals surface area contributed by atoms with E-state index in [0.717, 1.165) is 49.4 Å². The lowest BCUT2D eigenvalue weighted by Crippen LogP contribution is -2.51. The maximum Gasteiger partial charge on any atom is 0.327 e. The van der Waals surface area contributed by atoms with Gasteiger partial charge >= 0.3 is 6.03 Å². The molecule has 1 saturated heterocycles. The second kappa shape index (κ2) is 7.55. The number of guanidine groups is 1. The summed E-state index contributed by atoms with van der Waals surface area (Å²) in [5, 5.41) is 6.31. The van der Waals surface area contributed by atoms with Gasteiger partial charge in [0.15, 0.2) is 5.96 Å². The van der Waals surface area contributed by atoms with Crippen molar-refractivity contribution in [3.05, 3.63) is 53.4 Å². The number of likely N-dealkylation sites (tertiary alicyclic amines) is 1. The normalized spacial score (nSPS) is 24.2. The molecule has 4 rings (SSSR count). The number of hydrogen-bond acceptors (Lipinski definition) is 4. The van der Waals surface area contributed by atoms with E-state index in [1.807, 2.05) is 18.3 Å². The van der Waals surface area contributed by atoms with Crippen LogP contribution >= 0.6 is 0 Å². The number of rotatable bonds is 5. The summed E-state index contributed by atoms with van der Waals surface area (Å²) >= 11 is 0. The number of nitrogens with zero attached hydrogens (tertiary/aromatic N) is 3. The lowest BCUT2D eigenvalue weighted by molar-refractivity contribution is 0.243. The van der Waals surface area contributed by atoms with E-state index in [0.29, 0.717) is 0 Å². The average Bonchev–Trinajstić information content (AvgIpc) is 3.27. The Hall–Kier alpha value is -3.00. The number of allylic oxidation sites excluding steroid dienone is 1. The molecule has 2 unspecified atom stereocenters. The van der Waals surface area contributed by atoms with Crippen LogP contribution in [0.2, 0.25) is 0 Å². The molecule has 0 aliphatic carbocycles. The molecule has 3 heterocycles. The molecule has 3 aliphatic rings. The first-order valence-corrected chi connectivity index (χ1v) is 9.70. The van der Waals surface area contributed by atoms with Crippen molar-refractivity contribution < 1.29 is 4.79 Å². The second-order valence-electron chi connectivity index (χ2n) is 7.45. The zero-order valence-corrected chi connectivity index (χ0v) is 16.1. The quantitative estimate of drug-likeness (QED) is 0.452. The predicted molar refractivity (Wildman–Crippen MR) is 110 cm³/mol. The average molecular weight is 381 g/mol. The third-order valence-electron chi connectivity index (χ3n) is 5.35. The molecule has 2 atom stereocenters. The third-order valence-corrected chi connectivity index (χ3v) is 5.35. The number of nitrogens with one attached hydrogen (secondary N) is 2. The van der Waals surface area contributed by atoms with E-state index < -0.39 is 0 Å². The first kappa shape index (κ1) is 18.4. The smallest absolute Gasteiger partial charge is 0.327 e. The minimum Gasteiger partial charge on any atom is -0.370 e. The number of anilines is 1. The topological polar surface area (TPSA) is 112 Å². The van der Waals surface area contributed by atoms with Gasteiger partial charge in [-0.25, -0.2) is 9.79 Å². The Morgan fingerprint density at radius 2 is 2.04 bits per heavy atom. The summed E-state index contributed by atoms with van der Waals surface area (Å²) in [6.45, 7) is 4.78. The predicted octanol–water partition coefficient (Wildman–Crippen LogP) is 1.17. The highest BCUT2D eigenvalue weighted by molar-refractivity contribution is 5.96. The van der Waals surface area contributed by atoms with Crippen LogP contribution in [0, 0.1) is 0 Å². The van der Waals surface area contributed by atoms with Gasteiger partial charge in [-0.1, -0.05) is 19.1 Å². The van der Waals surface area contributed by atoms with E-state index in [1.165, 1.54) is 5.56 Å². The Labute approximate surface area is 164 Å². The number of nitrogens with two attached hydrogens (primary N) is 2. The minimum absolute atomic E-state index is 0.119. The molecule has 0 aromatic heterocycles. The molecule has 1 aromatic carbocycles. The molecular weight excluding hydrogens is 354 g/mol. The van der Waals surface area contributed by atoms with Gasteiger partial charge in [-0.05, 0) is 36.6 Å². The van der Waals surface area contributed by atoms with Crippen molar-refractivity contribution in [3.63, 3.8) is 0 Å². The fourth-order valence-corrected chi connectivity index (χ4v) is 3.91. The zero-order valence-electron chi connectivity index (χ0n) is 16.1. The van der Waals surface area contributed by atoms with Crippen LogP contribution in [0.4, 0.5) is 10.5 Å². The van der Waals surface area contributed by atoms with Gasteiger partial charge < -0.3 is 22.1 Å². The Morgan fingerprint density at radius 3 is 2.75 bits per heavy atom. The van der Waals surface area contributed by atoms with Crippen molar-refractivity contribution in [2.45, 2.75) is 38.5 Å². The van der Waals surface area contributed by atoms with Crippen molar-refractivity contribution >= 4 is 17.7 Å². The van der Waals surface area contributed by atoms with Crippen molar-refractivity contribution in [3.8, 4) is 0 Å². The van der Waals surface area contributed by atoms with Gasteiger partial charge in [-0.2, -0.15) is 0 Å². The number of carbonyl (C=O) groups excluding carboxylic acids is 1. The first-order chi connectivity index (χ1) is 13.5. The Bertz CT molecular complexity index is 839. The molecule has 0 bridgehead atoms. The highest BCUT2D eigenvalue weighted by Gasteiger charge is 2.30. The van der Waals surface area contributed by atoms with E-state index in [9.17, 15) is 4.79 Å². The molecule has 8 nitrogen and oxygen atoms in total. The first-order valence-electron chi connectivity index (χ1n) is 9.70. The largest absolute Gasteiger partial charge is 0.370 e. The van der Waals surface area contributed by atoms with E-state index in [4.69, 9.17) is 11.5 Å². The maximum absolute atomic E-state index is 12.5. The number of fused-ring (bicyclic) bond motifs is 1. The number of aliphatic imine (C=N–C) groups is 1. The van der Waals surface area contributed by atoms with Crippen LogP contribution in [-0.2, 0) is 6.54 Å². The molecule has 1 fully saturated rings. The molecule has 0 radical (unpaired) electrons. The highest BCUT2D eigenvalue weighted by atomic mass is 16.2. The van der Waals surface area contributed by atoms with Crippen LogP contribution in [0.25, 0.3) is 0 Å². The summed E-state index contributed by atoms with van der Waals surface area (Å²) in [7, 11) is 0. The third kappa shape index (κ3) is 3.82. The monoisotopic (exact) mass is 381 g/mol. The number of benzene rings is 1. The van der Waals surface area contributed by atoms with Gasteiger partial charge in [-0.15, -0.1) is 0 Å². The van der Waals surface area contributed by atoms with E-state index >= 15 is 0 Å². The SMILES string of the molecule is CCC1=CC2=CN(c3ccc(CN4CCC(N=C(N)N)C4)cc3)C(=O)NC2N1. The van der Waals surface area contributed by atoms with E-state index in [-0.39, 0.29) is 24.2 Å². The summed E-state index contributed by atoms with van der Waals surface area (Å²) in [6.07, 6.45) is 5.78. The van der Waals surface area contributed by atoms with Gasteiger partial charge in [0.05, 0.1) is 11.7 Å². The van der Waals surface area contributed by atoms with E-state index in [1.54, 1.807) is 4.90 Å². The van der Waals surface area contributed by atoms with Gasteiger partial charge in [0.2, 0.25) is 0 Å².